The van der Waals surface area contributed by atoms with Crippen LogP contribution in [0.1, 0.15) is 36.2 Å². The Hall–Kier alpha value is -1.00. The number of hydrogen-bond acceptors (Lipinski definition) is 4. The average molecular weight is 293 g/mol. The number of aldehydes is 1. The molecule has 0 unspecified atom stereocenters. The lowest BCUT2D eigenvalue weighted by Gasteiger charge is -2.23. The first-order valence-electron chi connectivity index (χ1n) is 7.02. The highest BCUT2D eigenvalue weighted by molar-refractivity contribution is 8.00. The lowest BCUT2D eigenvalue weighted by atomic mass is 10.1. The van der Waals surface area contributed by atoms with Crippen LogP contribution in [0.2, 0.25) is 0 Å². The predicted octanol–water partition coefficient (Wildman–Crippen LogP) is 3.23. The zero-order valence-electron chi connectivity index (χ0n) is 12.5. The fraction of sp³-hybridized carbons (Fsp3) is 0.562. The molecule has 0 atom stereocenters. The molecule has 0 N–H and O–H groups in total. The summed E-state index contributed by atoms with van der Waals surface area (Å²) in [5.74, 6) is 2.02. The van der Waals surface area contributed by atoms with Gasteiger partial charge in [0, 0.05) is 34.7 Å². The Morgan fingerprint density at radius 2 is 2.20 bits per heavy atom. The van der Waals surface area contributed by atoms with E-state index in [1.165, 1.54) is 6.42 Å². The summed E-state index contributed by atoms with van der Waals surface area (Å²) in [7, 11) is 1.68. The molecule has 0 bridgehead atoms. The molecule has 1 heterocycles. The lowest BCUT2D eigenvalue weighted by molar-refractivity contribution is 0.112. The van der Waals surface area contributed by atoms with E-state index in [1.54, 1.807) is 13.2 Å². The van der Waals surface area contributed by atoms with Gasteiger partial charge in [-0.3, -0.25) is 9.69 Å². The second kappa shape index (κ2) is 6.64. The minimum Gasteiger partial charge on any atom is -0.496 e. The van der Waals surface area contributed by atoms with Gasteiger partial charge in [-0.05, 0) is 31.2 Å². The van der Waals surface area contributed by atoms with Crippen molar-refractivity contribution in [3.05, 3.63) is 29.3 Å². The standard InChI is InChI=1S/C16H23NO2S/c1-16(2)6-7-17(8-9-20-16)11-14-10-13(12-18)4-5-15(14)19-3/h4-5,10,12H,6-9,11H2,1-3H3. The van der Waals surface area contributed by atoms with Crippen molar-refractivity contribution in [2.45, 2.75) is 31.6 Å². The number of hydrogen-bond donors (Lipinski definition) is 0. The Morgan fingerprint density at radius 3 is 2.90 bits per heavy atom. The van der Waals surface area contributed by atoms with E-state index in [2.05, 4.69) is 18.7 Å². The number of carbonyl (C=O) groups is 1. The van der Waals surface area contributed by atoms with Crippen LogP contribution >= 0.6 is 11.8 Å². The molecule has 1 aliphatic heterocycles. The van der Waals surface area contributed by atoms with E-state index in [9.17, 15) is 4.79 Å². The second-order valence-electron chi connectivity index (χ2n) is 5.82. The van der Waals surface area contributed by atoms with Crippen molar-refractivity contribution < 1.29 is 9.53 Å². The van der Waals surface area contributed by atoms with Crippen LogP contribution in [0.3, 0.4) is 0 Å². The Morgan fingerprint density at radius 1 is 1.40 bits per heavy atom. The van der Waals surface area contributed by atoms with Crippen molar-refractivity contribution in [1.29, 1.82) is 0 Å². The number of rotatable bonds is 4. The topological polar surface area (TPSA) is 29.5 Å². The van der Waals surface area contributed by atoms with Crippen molar-refractivity contribution in [2.24, 2.45) is 0 Å². The molecule has 1 saturated heterocycles. The fourth-order valence-electron chi connectivity index (χ4n) is 2.46. The van der Waals surface area contributed by atoms with Gasteiger partial charge in [0.2, 0.25) is 0 Å². The Balaban J connectivity index is 2.10. The van der Waals surface area contributed by atoms with E-state index in [-0.39, 0.29) is 0 Å². The van der Waals surface area contributed by atoms with E-state index in [0.717, 1.165) is 43.0 Å². The van der Waals surface area contributed by atoms with Crippen LogP contribution in [0.15, 0.2) is 18.2 Å². The molecule has 0 spiro atoms. The molecule has 0 saturated carbocycles. The first-order chi connectivity index (χ1) is 9.54. The molecule has 110 valence electrons. The van der Waals surface area contributed by atoms with Gasteiger partial charge in [-0.1, -0.05) is 13.8 Å². The molecular formula is C16H23NO2S. The Labute approximate surface area is 125 Å². The molecule has 1 aliphatic rings. The first kappa shape index (κ1) is 15.4. The van der Waals surface area contributed by atoms with Crippen LogP contribution in [-0.4, -0.2) is 41.9 Å². The third-order valence-electron chi connectivity index (χ3n) is 3.76. The smallest absolute Gasteiger partial charge is 0.150 e. The Bertz CT molecular complexity index is 474. The summed E-state index contributed by atoms with van der Waals surface area (Å²) in [6.07, 6.45) is 2.08. The summed E-state index contributed by atoms with van der Waals surface area (Å²) < 4.78 is 5.78. The zero-order valence-corrected chi connectivity index (χ0v) is 13.3. The second-order valence-corrected chi connectivity index (χ2v) is 7.63. The summed E-state index contributed by atoms with van der Waals surface area (Å²) >= 11 is 2.04. The van der Waals surface area contributed by atoms with Crippen LogP contribution in [0.25, 0.3) is 0 Å². The van der Waals surface area contributed by atoms with Gasteiger partial charge in [0.1, 0.15) is 12.0 Å². The van der Waals surface area contributed by atoms with E-state index in [0.29, 0.717) is 10.3 Å². The molecule has 3 nitrogen and oxygen atoms in total. The maximum Gasteiger partial charge on any atom is 0.150 e. The Kier molecular flexibility index (Phi) is 5.11. The summed E-state index contributed by atoms with van der Waals surface area (Å²) in [5.41, 5.74) is 1.81. The van der Waals surface area contributed by atoms with Crippen molar-refractivity contribution in [3.8, 4) is 5.75 Å². The average Bonchev–Trinajstić information content (AvgIpc) is 2.60. The van der Waals surface area contributed by atoms with Gasteiger partial charge >= 0.3 is 0 Å². The van der Waals surface area contributed by atoms with E-state index < -0.39 is 0 Å². The minimum atomic E-state index is 0.365. The van der Waals surface area contributed by atoms with Gasteiger partial charge in [-0.2, -0.15) is 11.8 Å². The highest BCUT2D eigenvalue weighted by Gasteiger charge is 2.24. The quantitative estimate of drug-likeness (QED) is 0.797. The number of nitrogens with zero attached hydrogens (tertiary/aromatic N) is 1. The van der Waals surface area contributed by atoms with Gasteiger partial charge in [-0.15, -0.1) is 0 Å². The molecule has 1 aromatic carbocycles. The van der Waals surface area contributed by atoms with Gasteiger partial charge in [0.25, 0.3) is 0 Å². The molecule has 0 aliphatic carbocycles. The molecule has 4 heteroatoms. The first-order valence-corrected chi connectivity index (χ1v) is 8.01. The van der Waals surface area contributed by atoms with Gasteiger partial charge in [-0.25, -0.2) is 0 Å². The van der Waals surface area contributed by atoms with Gasteiger partial charge in [0.15, 0.2) is 0 Å². The molecule has 2 rings (SSSR count). The molecule has 0 radical (unpaired) electrons. The fourth-order valence-corrected chi connectivity index (χ4v) is 3.59. The number of benzene rings is 1. The SMILES string of the molecule is COc1ccc(C=O)cc1CN1CCSC(C)(C)CC1. The van der Waals surface area contributed by atoms with Crippen molar-refractivity contribution in [1.82, 2.24) is 4.90 Å². The zero-order chi connectivity index (χ0) is 14.6. The monoisotopic (exact) mass is 293 g/mol. The molecule has 0 amide bonds. The molecule has 1 aromatic rings. The number of ether oxygens (including phenoxy) is 1. The minimum absolute atomic E-state index is 0.365. The maximum absolute atomic E-state index is 10.9. The van der Waals surface area contributed by atoms with Gasteiger partial charge < -0.3 is 4.74 Å². The van der Waals surface area contributed by atoms with Crippen molar-refractivity contribution in [2.75, 3.05) is 26.0 Å². The third kappa shape index (κ3) is 4.00. The highest BCUT2D eigenvalue weighted by atomic mass is 32.2. The summed E-state index contributed by atoms with van der Waals surface area (Å²) in [5, 5.41) is 0. The maximum atomic E-state index is 10.9. The highest BCUT2D eigenvalue weighted by Crippen LogP contribution is 2.31. The summed E-state index contributed by atoms with van der Waals surface area (Å²) in [4.78, 5) is 13.4. The van der Waals surface area contributed by atoms with E-state index in [1.807, 2.05) is 23.9 Å². The van der Waals surface area contributed by atoms with Crippen LogP contribution in [0.5, 0.6) is 5.75 Å². The van der Waals surface area contributed by atoms with Gasteiger partial charge in [0.05, 0.1) is 7.11 Å². The molecule has 0 aromatic heterocycles. The predicted molar refractivity (Wildman–Crippen MR) is 84.8 cm³/mol. The molecule has 1 fully saturated rings. The summed E-state index contributed by atoms with van der Waals surface area (Å²) in [6, 6.07) is 5.63. The van der Waals surface area contributed by atoms with Crippen LogP contribution < -0.4 is 4.74 Å². The van der Waals surface area contributed by atoms with E-state index in [4.69, 9.17) is 4.74 Å². The number of carbonyl (C=O) groups excluding carboxylic acids is 1. The van der Waals surface area contributed by atoms with Crippen molar-refractivity contribution >= 4 is 18.0 Å². The van der Waals surface area contributed by atoms with Crippen LogP contribution in [-0.2, 0) is 6.54 Å². The van der Waals surface area contributed by atoms with Crippen LogP contribution in [0, 0.1) is 0 Å². The van der Waals surface area contributed by atoms with Crippen molar-refractivity contribution in [3.63, 3.8) is 0 Å². The molecular weight excluding hydrogens is 270 g/mol. The summed E-state index contributed by atoms with van der Waals surface area (Å²) in [6.45, 7) is 7.65. The number of methoxy groups -OCH3 is 1. The largest absolute Gasteiger partial charge is 0.496 e. The van der Waals surface area contributed by atoms with Crippen LogP contribution in [0.4, 0.5) is 0 Å². The molecule has 20 heavy (non-hydrogen) atoms. The van der Waals surface area contributed by atoms with E-state index >= 15 is 0 Å². The lowest BCUT2D eigenvalue weighted by Crippen LogP contribution is -2.27. The third-order valence-corrected chi connectivity index (χ3v) is 5.14. The number of thioether (sulfide) groups is 1. The normalized spacial score (nSPS) is 19.4.